The van der Waals surface area contributed by atoms with Crippen molar-refractivity contribution in [2.45, 2.75) is 20.4 Å². The summed E-state index contributed by atoms with van der Waals surface area (Å²) >= 11 is 1.08. The van der Waals surface area contributed by atoms with Crippen LogP contribution in [0.2, 0.25) is 0 Å². The Hall–Kier alpha value is -2.21. The van der Waals surface area contributed by atoms with Gasteiger partial charge in [0.25, 0.3) is 5.91 Å². The van der Waals surface area contributed by atoms with E-state index in [0.29, 0.717) is 16.3 Å². The van der Waals surface area contributed by atoms with Gasteiger partial charge in [-0.2, -0.15) is 0 Å². The lowest BCUT2D eigenvalue weighted by Crippen LogP contribution is -2.23. The summed E-state index contributed by atoms with van der Waals surface area (Å²) in [5.74, 6) is -1.18. The Labute approximate surface area is 120 Å². The van der Waals surface area contributed by atoms with Gasteiger partial charge in [-0.15, -0.1) is 11.3 Å². The number of amides is 1. The van der Waals surface area contributed by atoms with Gasteiger partial charge in [0.15, 0.2) is 0 Å². The maximum absolute atomic E-state index is 12.0. The predicted octanol–water partition coefficient (Wildman–Crippen LogP) is 2.39. The zero-order valence-electron chi connectivity index (χ0n) is 11.1. The Balaban J connectivity index is 2.06. The van der Waals surface area contributed by atoms with Crippen LogP contribution in [-0.4, -0.2) is 22.0 Å². The molecule has 0 unspecified atom stereocenters. The number of hydrogen-bond acceptors (Lipinski definition) is 4. The quantitative estimate of drug-likeness (QED) is 0.906. The molecule has 0 spiro atoms. The van der Waals surface area contributed by atoms with Gasteiger partial charge in [-0.05, 0) is 25.5 Å². The predicted molar refractivity (Wildman–Crippen MR) is 76.2 cm³/mol. The molecular formula is C14H14N2O3S. The smallest absolute Gasteiger partial charge is 0.347 e. The summed E-state index contributed by atoms with van der Waals surface area (Å²) < 4.78 is 0. The molecule has 1 amide bonds. The average Bonchev–Trinajstić information content (AvgIpc) is 2.78. The maximum Gasteiger partial charge on any atom is 0.347 e. The van der Waals surface area contributed by atoms with Gasteiger partial charge in [-0.25, -0.2) is 9.78 Å². The van der Waals surface area contributed by atoms with Crippen LogP contribution in [0.15, 0.2) is 24.3 Å². The minimum atomic E-state index is -0.989. The summed E-state index contributed by atoms with van der Waals surface area (Å²) in [5, 5.41) is 12.3. The first-order valence-corrected chi connectivity index (χ1v) is 6.84. The van der Waals surface area contributed by atoms with Gasteiger partial charge in [0.05, 0.1) is 12.2 Å². The van der Waals surface area contributed by atoms with E-state index in [9.17, 15) is 9.59 Å². The molecule has 0 bridgehead atoms. The number of nitrogens with one attached hydrogen (secondary N) is 1. The van der Waals surface area contributed by atoms with Crippen LogP contribution in [0.4, 0.5) is 0 Å². The Kier molecular flexibility index (Phi) is 4.14. The second-order valence-electron chi connectivity index (χ2n) is 4.32. The SMILES string of the molecule is Cc1ccccc1C(=O)NCc1nc(C)c(C(=O)O)s1. The largest absolute Gasteiger partial charge is 0.477 e. The third-order valence-corrected chi connectivity index (χ3v) is 3.97. The van der Waals surface area contributed by atoms with E-state index in [0.717, 1.165) is 16.9 Å². The maximum atomic E-state index is 12.0. The van der Waals surface area contributed by atoms with Gasteiger partial charge in [-0.3, -0.25) is 4.79 Å². The number of carbonyl (C=O) groups excluding carboxylic acids is 1. The highest BCUT2D eigenvalue weighted by molar-refractivity contribution is 7.13. The van der Waals surface area contributed by atoms with Crippen molar-refractivity contribution >= 4 is 23.2 Å². The van der Waals surface area contributed by atoms with Gasteiger partial charge < -0.3 is 10.4 Å². The number of aromatic carboxylic acids is 1. The van der Waals surface area contributed by atoms with Crippen LogP contribution in [0.5, 0.6) is 0 Å². The van der Waals surface area contributed by atoms with Crippen LogP contribution in [-0.2, 0) is 6.54 Å². The normalized spacial score (nSPS) is 10.3. The molecular weight excluding hydrogens is 276 g/mol. The second kappa shape index (κ2) is 5.83. The van der Waals surface area contributed by atoms with E-state index < -0.39 is 5.97 Å². The van der Waals surface area contributed by atoms with Crippen LogP contribution in [0.3, 0.4) is 0 Å². The monoisotopic (exact) mass is 290 g/mol. The summed E-state index contributed by atoms with van der Waals surface area (Å²) in [6, 6.07) is 7.29. The van der Waals surface area contributed by atoms with E-state index in [1.165, 1.54) is 0 Å². The molecule has 1 heterocycles. The third kappa shape index (κ3) is 3.03. The molecule has 0 atom stereocenters. The van der Waals surface area contributed by atoms with Crippen LogP contribution >= 0.6 is 11.3 Å². The van der Waals surface area contributed by atoms with E-state index >= 15 is 0 Å². The Morgan fingerprint density at radius 2 is 2.00 bits per heavy atom. The average molecular weight is 290 g/mol. The van der Waals surface area contributed by atoms with Gasteiger partial charge in [0.1, 0.15) is 9.88 Å². The highest BCUT2D eigenvalue weighted by Gasteiger charge is 2.15. The summed E-state index contributed by atoms with van der Waals surface area (Å²) in [6.45, 7) is 3.74. The van der Waals surface area contributed by atoms with Crippen molar-refractivity contribution in [3.05, 3.63) is 51.0 Å². The van der Waals surface area contributed by atoms with Crippen molar-refractivity contribution in [1.29, 1.82) is 0 Å². The molecule has 6 heteroatoms. The van der Waals surface area contributed by atoms with Crippen LogP contribution in [0.25, 0.3) is 0 Å². The first kappa shape index (κ1) is 14.2. The molecule has 1 aromatic carbocycles. The molecule has 2 aromatic rings. The molecule has 104 valence electrons. The number of carbonyl (C=O) groups is 2. The highest BCUT2D eigenvalue weighted by atomic mass is 32.1. The topological polar surface area (TPSA) is 79.3 Å². The van der Waals surface area contributed by atoms with E-state index in [2.05, 4.69) is 10.3 Å². The van der Waals surface area contributed by atoms with Crippen LogP contribution in [0.1, 0.15) is 36.3 Å². The lowest BCUT2D eigenvalue weighted by atomic mass is 10.1. The molecule has 0 saturated carbocycles. The molecule has 0 aliphatic carbocycles. The van der Waals surface area contributed by atoms with E-state index in [1.807, 2.05) is 19.1 Å². The van der Waals surface area contributed by atoms with E-state index in [4.69, 9.17) is 5.11 Å². The van der Waals surface area contributed by atoms with Gasteiger partial charge in [0, 0.05) is 5.56 Å². The highest BCUT2D eigenvalue weighted by Crippen LogP contribution is 2.18. The number of benzene rings is 1. The Morgan fingerprint density at radius 3 is 2.60 bits per heavy atom. The standard InChI is InChI=1S/C14H14N2O3S/c1-8-5-3-4-6-10(8)13(17)15-7-11-16-9(2)12(20-11)14(18)19/h3-6H,7H2,1-2H3,(H,15,17)(H,18,19). The fourth-order valence-electron chi connectivity index (χ4n) is 1.81. The number of hydrogen-bond donors (Lipinski definition) is 2. The zero-order chi connectivity index (χ0) is 14.7. The fourth-order valence-corrected chi connectivity index (χ4v) is 2.65. The first-order valence-electron chi connectivity index (χ1n) is 6.02. The number of aryl methyl sites for hydroxylation is 2. The van der Waals surface area contributed by atoms with Crippen molar-refractivity contribution in [1.82, 2.24) is 10.3 Å². The van der Waals surface area contributed by atoms with E-state index in [1.54, 1.807) is 19.1 Å². The fraction of sp³-hybridized carbons (Fsp3) is 0.214. The Bertz CT molecular complexity index is 664. The summed E-state index contributed by atoms with van der Waals surface area (Å²) in [5.41, 5.74) is 1.98. The molecule has 20 heavy (non-hydrogen) atoms. The number of aromatic nitrogens is 1. The third-order valence-electron chi connectivity index (χ3n) is 2.82. The lowest BCUT2D eigenvalue weighted by molar-refractivity contribution is 0.0701. The molecule has 0 fully saturated rings. The minimum absolute atomic E-state index is 0.187. The number of carboxylic acids is 1. The molecule has 2 N–H and O–H groups in total. The van der Waals surface area contributed by atoms with Crippen molar-refractivity contribution in [3.8, 4) is 0 Å². The first-order chi connectivity index (χ1) is 9.49. The number of nitrogens with zero attached hydrogens (tertiary/aromatic N) is 1. The summed E-state index contributed by atoms with van der Waals surface area (Å²) in [4.78, 5) is 27.3. The number of carboxylic acid groups (broad SMARTS) is 1. The molecule has 5 nitrogen and oxygen atoms in total. The molecule has 1 aromatic heterocycles. The van der Waals surface area contributed by atoms with E-state index in [-0.39, 0.29) is 17.3 Å². The van der Waals surface area contributed by atoms with Crippen LogP contribution < -0.4 is 5.32 Å². The van der Waals surface area contributed by atoms with Gasteiger partial charge >= 0.3 is 5.97 Å². The summed E-state index contributed by atoms with van der Waals surface area (Å²) in [6.07, 6.45) is 0. The lowest BCUT2D eigenvalue weighted by Gasteiger charge is -2.05. The van der Waals surface area contributed by atoms with Crippen molar-refractivity contribution in [2.75, 3.05) is 0 Å². The van der Waals surface area contributed by atoms with Crippen molar-refractivity contribution in [2.24, 2.45) is 0 Å². The summed E-state index contributed by atoms with van der Waals surface area (Å²) in [7, 11) is 0. The second-order valence-corrected chi connectivity index (χ2v) is 5.41. The molecule has 0 aliphatic heterocycles. The van der Waals surface area contributed by atoms with Gasteiger partial charge in [0.2, 0.25) is 0 Å². The van der Waals surface area contributed by atoms with Gasteiger partial charge in [-0.1, -0.05) is 18.2 Å². The molecule has 0 radical (unpaired) electrons. The number of rotatable bonds is 4. The van der Waals surface area contributed by atoms with Crippen molar-refractivity contribution < 1.29 is 14.7 Å². The molecule has 0 aliphatic rings. The van der Waals surface area contributed by atoms with Crippen molar-refractivity contribution in [3.63, 3.8) is 0 Å². The number of thiazole rings is 1. The zero-order valence-corrected chi connectivity index (χ0v) is 12.0. The van der Waals surface area contributed by atoms with Crippen LogP contribution in [0, 0.1) is 13.8 Å². The molecule has 2 rings (SSSR count). The molecule has 0 saturated heterocycles. The minimum Gasteiger partial charge on any atom is -0.477 e. The Morgan fingerprint density at radius 1 is 1.30 bits per heavy atom.